The lowest BCUT2D eigenvalue weighted by Crippen LogP contribution is -2.23. The Bertz CT molecular complexity index is 909. The molecule has 1 unspecified atom stereocenters. The molecule has 0 aliphatic carbocycles. The Hall–Kier alpha value is -2.74. The molecule has 1 fully saturated rings. The lowest BCUT2D eigenvalue weighted by molar-refractivity contribution is -0.119. The van der Waals surface area contributed by atoms with E-state index < -0.39 is 0 Å². The van der Waals surface area contributed by atoms with Gasteiger partial charge in [-0.05, 0) is 31.0 Å². The monoisotopic (exact) mass is 343 g/mol. The number of amides is 1. The highest BCUT2D eigenvalue weighted by atomic mass is 19.1. The molecule has 3 aromatic rings. The first-order valence-electron chi connectivity index (χ1n) is 8.16. The maximum atomic E-state index is 13.0. The number of aromatic amines is 1. The Morgan fingerprint density at radius 3 is 2.96 bits per heavy atom. The van der Waals surface area contributed by atoms with Crippen molar-refractivity contribution in [1.29, 1.82) is 0 Å². The van der Waals surface area contributed by atoms with Crippen molar-refractivity contribution in [1.82, 2.24) is 20.0 Å². The van der Waals surface area contributed by atoms with Gasteiger partial charge >= 0.3 is 0 Å². The van der Waals surface area contributed by atoms with E-state index in [-0.39, 0.29) is 17.6 Å². The maximum Gasteiger partial charge on any atom is 0.231 e. The number of nitrogens with zero attached hydrogens (tertiary/aromatic N) is 3. The molecule has 130 valence electrons. The van der Waals surface area contributed by atoms with Gasteiger partial charge in [0.25, 0.3) is 0 Å². The summed E-state index contributed by atoms with van der Waals surface area (Å²) in [5.41, 5.74) is 2.34. The largest absolute Gasteiger partial charge is 0.381 e. The van der Waals surface area contributed by atoms with Crippen LogP contribution in [0.25, 0.3) is 11.0 Å². The van der Waals surface area contributed by atoms with E-state index in [4.69, 9.17) is 4.74 Å². The molecule has 2 N–H and O–H groups in total. The van der Waals surface area contributed by atoms with Crippen molar-refractivity contribution in [2.75, 3.05) is 18.5 Å². The van der Waals surface area contributed by atoms with Gasteiger partial charge in [-0.2, -0.15) is 10.2 Å². The number of carbonyl (C=O) groups is 1. The molecule has 0 radical (unpaired) electrons. The molecule has 0 spiro atoms. The lowest BCUT2D eigenvalue weighted by atomic mass is 10.1. The van der Waals surface area contributed by atoms with Crippen LogP contribution in [-0.4, -0.2) is 39.1 Å². The van der Waals surface area contributed by atoms with Crippen LogP contribution in [0.3, 0.4) is 0 Å². The van der Waals surface area contributed by atoms with Crippen molar-refractivity contribution >= 4 is 22.8 Å². The third-order valence-electron chi connectivity index (χ3n) is 4.42. The van der Waals surface area contributed by atoms with E-state index in [0.717, 1.165) is 23.1 Å². The SMILES string of the molecule is Cc1nn(Cc2ccc(F)cc2)c2n[nH]c(NC(=O)C3CCOC3)c12. The highest BCUT2D eigenvalue weighted by molar-refractivity contribution is 6.00. The van der Waals surface area contributed by atoms with Crippen molar-refractivity contribution < 1.29 is 13.9 Å². The summed E-state index contributed by atoms with van der Waals surface area (Å²) in [5.74, 6) is 0.0719. The molecule has 1 saturated heterocycles. The standard InChI is InChI=1S/C17H18FN5O2/c1-10-14-15(19-17(24)12-6-7-25-9-12)20-21-16(14)23(22-10)8-11-2-4-13(18)5-3-11/h2-5,12H,6-9H2,1H3,(H2,19,20,21,24). The number of halogens is 1. The predicted octanol–water partition coefficient (Wildman–Crippen LogP) is 2.23. The zero-order chi connectivity index (χ0) is 17.4. The fourth-order valence-corrected chi connectivity index (χ4v) is 3.07. The van der Waals surface area contributed by atoms with Gasteiger partial charge in [0.1, 0.15) is 11.6 Å². The van der Waals surface area contributed by atoms with E-state index in [1.54, 1.807) is 16.8 Å². The highest BCUT2D eigenvalue weighted by Gasteiger charge is 2.25. The Morgan fingerprint density at radius 2 is 2.24 bits per heavy atom. The number of aromatic nitrogens is 4. The fourth-order valence-electron chi connectivity index (χ4n) is 3.07. The number of H-pyrrole nitrogens is 1. The maximum absolute atomic E-state index is 13.0. The number of hydrogen-bond donors (Lipinski definition) is 2. The van der Waals surface area contributed by atoms with Crippen LogP contribution in [0.5, 0.6) is 0 Å². The summed E-state index contributed by atoms with van der Waals surface area (Å²) in [5, 5.41) is 15.3. The van der Waals surface area contributed by atoms with Crippen molar-refractivity contribution in [2.24, 2.45) is 5.92 Å². The molecule has 1 amide bonds. The van der Waals surface area contributed by atoms with Crippen LogP contribution in [0, 0.1) is 18.7 Å². The van der Waals surface area contributed by atoms with Gasteiger partial charge in [-0.25, -0.2) is 9.07 Å². The van der Waals surface area contributed by atoms with Crippen LogP contribution in [0.2, 0.25) is 0 Å². The molecule has 25 heavy (non-hydrogen) atoms. The van der Waals surface area contributed by atoms with Crippen LogP contribution in [0.4, 0.5) is 10.2 Å². The number of hydrogen-bond acceptors (Lipinski definition) is 4. The number of benzene rings is 1. The van der Waals surface area contributed by atoms with E-state index in [1.165, 1.54) is 12.1 Å². The van der Waals surface area contributed by atoms with Crippen LogP contribution < -0.4 is 5.32 Å². The first-order valence-corrected chi connectivity index (χ1v) is 8.16. The molecule has 0 bridgehead atoms. The number of carbonyl (C=O) groups excluding carboxylic acids is 1. The zero-order valence-electron chi connectivity index (χ0n) is 13.8. The summed E-state index contributed by atoms with van der Waals surface area (Å²) in [7, 11) is 0. The molecule has 0 saturated carbocycles. The number of rotatable bonds is 4. The molecular weight excluding hydrogens is 325 g/mol. The van der Waals surface area contributed by atoms with Crippen LogP contribution >= 0.6 is 0 Å². The number of fused-ring (bicyclic) bond motifs is 1. The molecule has 3 heterocycles. The van der Waals surface area contributed by atoms with E-state index in [1.807, 2.05) is 6.92 Å². The smallest absolute Gasteiger partial charge is 0.231 e. The molecule has 4 rings (SSSR count). The predicted molar refractivity (Wildman–Crippen MR) is 89.7 cm³/mol. The second kappa shape index (κ2) is 6.29. The van der Waals surface area contributed by atoms with Crippen molar-refractivity contribution in [2.45, 2.75) is 19.9 Å². The summed E-state index contributed by atoms with van der Waals surface area (Å²) in [6.07, 6.45) is 0.728. The van der Waals surface area contributed by atoms with Gasteiger partial charge in [-0.3, -0.25) is 9.89 Å². The molecule has 8 heteroatoms. The van der Waals surface area contributed by atoms with Gasteiger partial charge < -0.3 is 10.1 Å². The minimum atomic E-state index is -0.272. The van der Waals surface area contributed by atoms with E-state index >= 15 is 0 Å². The van der Waals surface area contributed by atoms with Gasteiger partial charge in [-0.15, -0.1) is 0 Å². The number of ether oxygens (including phenoxy) is 1. The number of anilines is 1. The Balaban J connectivity index is 1.59. The van der Waals surface area contributed by atoms with Crippen molar-refractivity contribution in [3.05, 3.63) is 41.3 Å². The minimum Gasteiger partial charge on any atom is -0.381 e. The van der Waals surface area contributed by atoms with Gasteiger partial charge in [0.05, 0.1) is 30.1 Å². The average molecular weight is 343 g/mol. The van der Waals surface area contributed by atoms with E-state index in [2.05, 4.69) is 20.6 Å². The van der Waals surface area contributed by atoms with Gasteiger partial charge in [0, 0.05) is 6.61 Å². The minimum absolute atomic E-state index is 0.0752. The average Bonchev–Trinajstić information content (AvgIpc) is 3.30. The number of nitrogens with one attached hydrogen (secondary N) is 2. The molecule has 2 aromatic heterocycles. The summed E-state index contributed by atoms with van der Waals surface area (Å²) in [6, 6.07) is 6.27. The molecular formula is C17H18FN5O2. The number of aryl methyl sites for hydroxylation is 1. The second-order valence-corrected chi connectivity index (χ2v) is 6.22. The highest BCUT2D eigenvalue weighted by Crippen LogP contribution is 2.26. The molecule has 1 atom stereocenters. The molecule has 1 aliphatic heterocycles. The summed E-state index contributed by atoms with van der Waals surface area (Å²) in [6.45, 7) is 3.41. The molecule has 1 aromatic carbocycles. The summed E-state index contributed by atoms with van der Waals surface area (Å²) >= 11 is 0. The van der Waals surface area contributed by atoms with Crippen LogP contribution in [0.15, 0.2) is 24.3 Å². The summed E-state index contributed by atoms with van der Waals surface area (Å²) in [4.78, 5) is 12.3. The van der Waals surface area contributed by atoms with Crippen molar-refractivity contribution in [3.8, 4) is 0 Å². The fraction of sp³-hybridized carbons (Fsp3) is 0.353. The lowest BCUT2D eigenvalue weighted by Gasteiger charge is -2.07. The topological polar surface area (TPSA) is 84.8 Å². The quantitative estimate of drug-likeness (QED) is 0.761. The molecule has 7 nitrogen and oxygen atoms in total. The zero-order valence-corrected chi connectivity index (χ0v) is 13.8. The Labute approximate surface area is 143 Å². The summed E-state index contributed by atoms with van der Waals surface area (Å²) < 4.78 is 20.0. The van der Waals surface area contributed by atoms with Crippen molar-refractivity contribution in [3.63, 3.8) is 0 Å². The van der Waals surface area contributed by atoms with E-state index in [9.17, 15) is 9.18 Å². The van der Waals surface area contributed by atoms with Gasteiger partial charge in [0.2, 0.25) is 5.91 Å². The third kappa shape index (κ3) is 3.00. The first kappa shape index (κ1) is 15.8. The van der Waals surface area contributed by atoms with Gasteiger partial charge in [0.15, 0.2) is 5.65 Å². The first-order chi connectivity index (χ1) is 12.1. The third-order valence-corrected chi connectivity index (χ3v) is 4.42. The van der Waals surface area contributed by atoms with E-state index in [0.29, 0.717) is 31.2 Å². The normalized spacial score (nSPS) is 17.3. The van der Waals surface area contributed by atoms with Crippen LogP contribution in [0.1, 0.15) is 17.7 Å². The Morgan fingerprint density at radius 1 is 1.44 bits per heavy atom. The molecule has 1 aliphatic rings. The Kier molecular flexibility index (Phi) is 3.96. The van der Waals surface area contributed by atoms with Gasteiger partial charge in [-0.1, -0.05) is 12.1 Å². The second-order valence-electron chi connectivity index (χ2n) is 6.22. The van der Waals surface area contributed by atoms with Crippen LogP contribution in [-0.2, 0) is 16.1 Å².